The van der Waals surface area contributed by atoms with Crippen LogP contribution in [0, 0.1) is 0 Å². The lowest BCUT2D eigenvalue weighted by molar-refractivity contribution is 0.324. The van der Waals surface area contributed by atoms with Crippen molar-refractivity contribution < 1.29 is 8.42 Å². The van der Waals surface area contributed by atoms with Gasteiger partial charge in [0.2, 0.25) is 10.0 Å². The molecule has 3 aromatic rings. The maximum absolute atomic E-state index is 12.8. The molecule has 0 fully saturated rings. The van der Waals surface area contributed by atoms with Gasteiger partial charge >= 0.3 is 0 Å². The van der Waals surface area contributed by atoms with E-state index in [2.05, 4.69) is 49.6 Å². The van der Waals surface area contributed by atoms with Gasteiger partial charge in [0.25, 0.3) is 0 Å². The van der Waals surface area contributed by atoms with Gasteiger partial charge in [-0.05, 0) is 36.4 Å². The van der Waals surface area contributed by atoms with Crippen molar-refractivity contribution in [1.29, 1.82) is 0 Å². The first-order valence-corrected chi connectivity index (χ1v) is 11.7. The number of aromatic nitrogens is 1. The Hall–Kier alpha value is -2.06. The van der Waals surface area contributed by atoms with E-state index in [-0.39, 0.29) is 4.90 Å². The molecule has 3 rings (SSSR count). The summed E-state index contributed by atoms with van der Waals surface area (Å²) in [6.45, 7) is 4.65. The van der Waals surface area contributed by atoms with Crippen LogP contribution in [0.3, 0.4) is 0 Å². The normalized spacial score (nSPS) is 12.2. The number of benzene rings is 2. The molecule has 1 aromatic heterocycles. The predicted octanol–water partition coefficient (Wildman–Crippen LogP) is 4.31. The smallest absolute Gasteiger partial charge is 0.241 e. The second-order valence-corrected chi connectivity index (χ2v) is 9.25. The Kier molecular flexibility index (Phi) is 7.55. The van der Waals surface area contributed by atoms with Gasteiger partial charge in [0.05, 0.1) is 4.90 Å². The van der Waals surface area contributed by atoms with Crippen LogP contribution in [-0.4, -0.2) is 44.5 Å². The van der Waals surface area contributed by atoms with Gasteiger partial charge in [0.15, 0.2) is 0 Å². The Morgan fingerprint density at radius 2 is 1.93 bits per heavy atom. The monoisotopic (exact) mass is 473 g/mol. The third kappa shape index (κ3) is 5.96. The van der Waals surface area contributed by atoms with Crippen LogP contribution in [0.1, 0.15) is 12.5 Å². The lowest BCUT2D eigenvalue weighted by Crippen LogP contribution is -2.35. The molecule has 1 heterocycles. The van der Waals surface area contributed by atoms with Crippen LogP contribution in [0.25, 0.3) is 16.8 Å². The van der Waals surface area contributed by atoms with Gasteiger partial charge < -0.3 is 0 Å². The highest BCUT2D eigenvalue weighted by Crippen LogP contribution is 2.21. The molecule has 0 aliphatic heterocycles. The minimum atomic E-state index is -3.59. The summed E-state index contributed by atoms with van der Waals surface area (Å²) in [7, 11) is -3.59. The first kappa shape index (κ1) is 21.6. The summed E-state index contributed by atoms with van der Waals surface area (Å²) in [5, 5.41) is 1.49. The molecule has 2 aromatic carbocycles. The van der Waals surface area contributed by atoms with Gasteiger partial charge in [0, 0.05) is 47.3 Å². The molecule has 0 bridgehead atoms. The number of fused-ring (bicyclic) bond motifs is 1. The number of hydrogen-bond acceptors (Lipinski definition) is 4. The van der Waals surface area contributed by atoms with Crippen LogP contribution in [0.5, 0.6) is 0 Å². The summed E-state index contributed by atoms with van der Waals surface area (Å²) in [5.41, 5.74) is 1.13. The fraction of sp³-hybridized carbons (Fsp3) is 0.227. The van der Waals surface area contributed by atoms with E-state index in [9.17, 15) is 8.42 Å². The number of pyridine rings is 1. The average molecular weight is 474 g/mol. The first-order valence-electron chi connectivity index (χ1n) is 9.46. The Morgan fingerprint density at radius 1 is 1.14 bits per heavy atom. The fourth-order valence-electron chi connectivity index (χ4n) is 3.03. The number of nitrogens with zero attached hydrogens (tertiary/aromatic N) is 2. The number of rotatable bonds is 9. The molecule has 0 spiro atoms. The lowest BCUT2D eigenvalue weighted by Gasteiger charge is -2.19. The van der Waals surface area contributed by atoms with Crippen LogP contribution in [0.4, 0.5) is 0 Å². The molecular formula is C22H24BrN3O2S. The van der Waals surface area contributed by atoms with Crippen molar-refractivity contribution in [3.8, 4) is 0 Å². The number of likely N-dealkylation sites (N-methyl/N-ethyl adjacent to an activating group) is 1. The molecule has 0 radical (unpaired) electrons. The summed E-state index contributed by atoms with van der Waals surface area (Å²) < 4.78 is 29.3. The molecule has 152 valence electrons. The molecule has 0 saturated carbocycles. The van der Waals surface area contributed by atoms with Crippen molar-refractivity contribution in [2.45, 2.75) is 11.8 Å². The number of sulfonamides is 1. The van der Waals surface area contributed by atoms with Crippen LogP contribution >= 0.6 is 15.9 Å². The maximum atomic E-state index is 12.8. The van der Waals surface area contributed by atoms with Gasteiger partial charge in [-0.2, -0.15) is 0 Å². The van der Waals surface area contributed by atoms with Crippen LogP contribution in [0.2, 0.25) is 0 Å². The highest BCUT2D eigenvalue weighted by Gasteiger charge is 2.17. The van der Waals surface area contributed by atoms with Crippen LogP contribution in [-0.2, 0) is 10.0 Å². The highest BCUT2D eigenvalue weighted by atomic mass is 79.9. The molecule has 0 unspecified atom stereocenters. The minimum absolute atomic E-state index is 0.288. The Labute approximate surface area is 180 Å². The van der Waals surface area contributed by atoms with Gasteiger partial charge in [-0.25, -0.2) is 13.1 Å². The van der Waals surface area contributed by atoms with Crippen molar-refractivity contribution in [3.05, 3.63) is 77.0 Å². The molecule has 0 aliphatic carbocycles. The van der Waals surface area contributed by atoms with Gasteiger partial charge in [0.1, 0.15) is 0 Å². The van der Waals surface area contributed by atoms with E-state index in [0.29, 0.717) is 18.5 Å². The summed E-state index contributed by atoms with van der Waals surface area (Å²) in [4.78, 5) is 6.53. The van der Waals surface area contributed by atoms with Crippen molar-refractivity contribution in [2.24, 2.45) is 0 Å². The van der Waals surface area contributed by atoms with Gasteiger partial charge in [-0.15, -0.1) is 0 Å². The largest absolute Gasteiger partial charge is 0.299 e. The zero-order chi connectivity index (χ0) is 20.7. The predicted molar refractivity (Wildman–Crippen MR) is 122 cm³/mol. The second-order valence-electron chi connectivity index (χ2n) is 6.60. The van der Waals surface area contributed by atoms with Crippen molar-refractivity contribution in [1.82, 2.24) is 14.6 Å². The van der Waals surface area contributed by atoms with E-state index in [1.807, 2.05) is 30.3 Å². The summed E-state index contributed by atoms with van der Waals surface area (Å²) in [6.07, 6.45) is 7.45. The topological polar surface area (TPSA) is 62.3 Å². The van der Waals surface area contributed by atoms with Crippen LogP contribution < -0.4 is 4.72 Å². The summed E-state index contributed by atoms with van der Waals surface area (Å²) >= 11 is 3.43. The van der Waals surface area contributed by atoms with E-state index in [1.165, 1.54) is 0 Å². The Balaban J connectivity index is 1.57. The molecule has 0 saturated heterocycles. The van der Waals surface area contributed by atoms with Crippen molar-refractivity contribution in [2.75, 3.05) is 26.2 Å². The average Bonchev–Trinajstić information content (AvgIpc) is 2.73. The highest BCUT2D eigenvalue weighted by molar-refractivity contribution is 9.10. The summed E-state index contributed by atoms with van der Waals surface area (Å²) in [6, 6.07) is 15.1. The third-order valence-electron chi connectivity index (χ3n) is 4.64. The van der Waals surface area contributed by atoms with E-state index in [4.69, 9.17) is 0 Å². The van der Waals surface area contributed by atoms with E-state index >= 15 is 0 Å². The van der Waals surface area contributed by atoms with Crippen molar-refractivity contribution in [3.63, 3.8) is 0 Å². The standard InChI is InChI=1S/C22H24BrN3O2S/c1-2-26(15-4-5-18-8-10-20(23)11-9-18)16-14-25-29(27,28)22-7-3-6-19-17-24-13-12-21(19)22/h3-13,17,25H,2,14-16H2,1H3/b5-4+. The molecular weight excluding hydrogens is 450 g/mol. The molecule has 0 atom stereocenters. The molecule has 1 N–H and O–H groups in total. The van der Waals surface area contributed by atoms with E-state index in [0.717, 1.165) is 28.5 Å². The molecule has 5 nitrogen and oxygen atoms in total. The zero-order valence-corrected chi connectivity index (χ0v) is 18.7. The Bertz CT molecular complexity index is 1080. The zero-order valence-electron chi connectivity index (χ0n) is 16.3. The van der Waals surface area contributed by atoms with E-state index < -0.39 is 10.0 Å². The van der Waals surface area contributed by atoms with Gasteiger partial charge in [-0.3, -0.25) is 9.88 Å². The van der Waals surface area contributed by atoms with E-state index in [1.54, 1.807) is 30.6 Å². The maximum Gasteiger partial charge on any atom is 0.241 e. The second kappa shape index (κ2) is 10.1. The molecule has 0 aliphatic rings. The number of halogens is 1. The quantitative estimate of drug-likeness (QED) is 0.502. The lowest BCUT2D eigenvalue weighted by atomic mass is 10.2. The molecule has 29 heavy (non-hydrogen) atoms. The van der Waals surface area contributed by atoms with Gasteiger partial charge in [-0.1, -0.05) is 59.3 Å². The minimum Gasteiger partial charge on any atom is -0.299 e. The number of nitrogens with one attached hydrogen (secondary N) is 1. The molecule has 7 heteroatoms. The third-order valence-corrected chi connectivity index (χ3v) is 6.69. The summed E-state index contributed by atoms with van der Waals surface area (Å²) in [5.74, 6) is 0. The first-order chi connectivity index (χ1) is 14.0. The number of hydrogen-bond donors (Lipinski definition) is 1. The Morgan fingerprint density at radius 3 is 2.69 bits per heavy atom. The molecule has 0 amide bonds. The van der Waals surface area contributed by atoms with Crippen molar-refractivity contribution >= 4 is 42.8 Å². The van der Waals surface area contributed by atoms with Crippen LogP contribution in [0.15, 0.2) is 76.4 Å². The fourth-order valence-corrected chi connectivity index (χ4v) is 4.55. The SMILES string of the molecule is CCN(C/C=C/c1ccc(Br)cc1)CCNS(=O)(=O)c1cccc2cnccc12.